The second-order valence-electron chi connectivity index (χ2n) is 5.23. The number of nitro benzene ring substituents is 1. The van der Waals surface area contributed by atoms with Crippen molar-refractivity contribution >= 4 is 17.3 Å². The lowest BCUT2D eigenvalue weighted by atomic mass is 10.1. The van der Waals surface area contributed by atoms with E-state index in [9.17, 15) is 14.9 Å². The van der Waals surface area contributed by atoms with Gasteiger partial charge < -0.3 is 5.32 Å². The number of hydrogen-bond acceptors (Lipinski definition) is 4. The van der Waals surface area contributed by atoms with Gasteiger partial charge in [0.15, 0.2) is 0 Å². The van der Waals surface area contributed by atoms with E-state index >= 15 is 0 Å². The highest BCUT2D eigenvalue weighted by Gasteiger charge is 2.22. The Morgan fingerprint density at radius 3 is 2.71 bits per heavy atom. The number of anilines is 1. The van der Waals surface area contributed by atoms with Crippen molar-refractivity contribution in [2.75, 3.05) is 5.32 Å². The Hall–Kier alpha value is -3.48. The maximum atomic E-state index is 12.5. The summed E-state index contributed by atoms with van der Waals surface area (Å²) in [4.78, 5) is 23.1. The van der Waals surface area contributed by atoms with Gasteiger partial charge in [0.2, 0.25) is 0 Å². The van der Waals surface area contributed by atoms with Gasteiger partial charge in [-0.3, -0.25) is 20.0 Å². The molecule has 3 rings (SSSR count). The highest BCUT2D eigenvalue weighted by molar-refractivity contribution is 6.07. The first-order chi connectivity index (χ1) is 11.6. The van der Waals surface area contributed by atoms with Crippen LogP contribution in [-0.4, -0.2) is 21.0 Å². The number of nitro groups is 1. The SMILES string of the molecule is Cc1cccc(C(=O)Nc2cccc(-c3ccn[nH]3)c2)c1[N+](=O)[O-]. The van der Waals surface area contributed by atoms with Crippen LogP contribution >= 0.6 is 0 Å². The zero-order chi connectivity index (χ0) is 17.1. The average molecular weight is 322 g/mol. The molecule has 3 aromatic rings. The molecule has 0 bridgehead atoms. The number of carbonyl (C=O) groups is 1. The minimum Gasteiger partial charge on any atom is -0.322 e. The number of hydrogen-bond donors (Lipinski definition) is 2. The Kier molecular flexibility index (Phi) is 4.07. The van der Waals surface area contributed by atoms with Crippen LogP contribution in [0, 0.1) is 17.0 Å². The number of carbonyl (C=O) groups excluding carboxylic acids is 1. The monoisotopic (exact) mass is 322 g/mol. The maximum Gasteiger partial charge on any atom is 0.285 e. The number of rotatable bonds is 4. The van der Waals surface area contributed by atoms with Crippen molar-refractivity contribution in [2.24, 2.45) is 0 Å². The lowest BCUT2D eigenvalue weighted by molar-refractivity contribution is -0.385. The van der Waals surface area contributed by atoms with Crippen LogP contribution in [-0.2, 0) is 0 Å². The van der Waals surface area contributed by atoms with E-state index in [2.05, 4.69) is 15.5 Å². The molecule has 0 aliphatic heterocycles. The van der Waals surface area contributed by atoms with E-state index in [0.29, 0.717) is 11.3 Å². The Morgan fingerprint density at radius 1 is 1.21 bits per heavy atom. The number of nitrogens with one attached hydrogen (secondary N) is 2. The van der Waals surface area contributed by atoms with Gasteiger partial charge in [-0.25, -0.2) is 0 Å². The molecule has 0 saturated carbocycles. The predicted octanol–water partition coefficient (Wildman–Crippen LogP) is 3.55. The van der Waals surface area contributed by atoms with Crippen LogP contribution in [0.25, 0.3) is 11.3 Å². The van der Waals surface area contributed by atoms with Gasteiger partial charge in [0.1, 0.15) is 5.56 Å². The van der Waals surface area contributed by atoms with E-state index in [4.69, 9.17) is 0 Å². The molecule has 0 aliphatic carbocycles. The molecule has 7 nitrogen and oxygen atoms in total. The summed E-state index contributed by atoms with van der Waals surface area (Å²) in [6.07, 6.45) is 1.64. The predicted molar refractivity (Wildman–Crippen MR) is 89.8 cm³/mol. The van der Waals surface area contributed by atoms with E-state index in [0.717, 1.165) is 11.3 Å². The van der Waals surface area contributed by atoms with E-state index in [1.807, 2.05) is 12.1 Å². The molecule has 0 atom stereocenters. The van der Waals surface area contributed by atoms with Crippen LogP contribution in [0.1, 0.15) is 15.9 Å². The molecule has 2 N–H and O–H groups in total. The van der Waals surface area contributed by atoms with Gasteiger partial charge in [-0.15, -0.1) is 0 Å². The van der Waals surface area contributed by atoms with Crippen molar-refractivity contribution in [1.29, 1.82) is 0 Å². The molecule has 0 spiro atoms. The summed E-state index contributed by atoms with van der Waals surface area (Å²) in [6.45, 7) is 1.60. The van der Waals surface area contributed by atoms with Crippen molar-refractivity contribution in [2.45, 2.75) is 6.92 Å². The van der Waals surface area contributed by atoms with E-state index in [1.165, 1.54) is 6.07 Å². The van der Waals surface area contributed by atoms with Gasteiger partial charge in [-0.1, -0.05) is 24.3 Å². The number of nitrogens with zero attached hydrogens (tertiary/aromatic N) is 2. The number of H-pyrrole nitrogens is 1. The van der Waals surface area contributed by atoms with Crippen molar-refractivity contribution < 1.29 is 9.72 Å². The Bertz CT molecular complexity index is 904. The first-order valence-electron chi connectivity index (χ1n) is 7.21. The zero-order valence-electron chi connectivity index (χ0n) is 12.8. The quantitative estimate of drug-likeness (QED) is 0.566. The first-order valence-corrected chi connectivity index (χ1v) is 7.21. The number of aromatic amines is 1. The van der Waals surface area contributed by atoms with Crippen LogP contribution in [0.5, 0.6) is 0 Å². The van der Waals surface area contributed by atoms with Crippen LogP contribution in [0.2, 0.25) is 0 Å². The third-order valence-corrected chi connectivity index (χ3v) is 3.60. The summed E-state index contributed by atoms with van der Waals surface area (Å²) in [5, 5.41) is 20.7. The van der Waals surface area contributed by atoms with Gasteiger partial charge in [0.25, 0.3) is 11.6 Å². The summed E-state index contributed by atoms with van der Waals surface area (Å²) in [5.41, 5.74) is 2.50. The number of amides is 1. The van der Waals surface area contributed by atoms with Crippen molar-refractivity contribution in [3.8, 4) is 11.3 Å². The minimum absolute atomic E-state index is 0.0342. The van der Waals surface area contributed by atoms with Crippen LogP contribution in [0.4, 0.5) is 11.4 Å². The third-order valence-electron chi connectivity index (χ3n) is 3.60. The topological polar surface area (TPSA) is 101 Å². The molecule has 120 valence electrons. The molecular weight excluding hydrogens is 308 g/mol. The lowest BCUT2D eigenvalue weighted by Crippen LogP contribution is -2.14. The summed E-state index contributed by atoms with van der Waals surface area (Å²) >= 11 is 0. The third kappa shape index (κ3) is 3.00. The fourth-order valence-corrected chi connectivity index (χ4v) is 2.46. The summed E-state index contributed by atoms with van der Waals surface area (Å²) in [5.74, 6) is -0.521. The van der Waals surface area contributed by atoms with Crippen molar-refractivity contribution in [3.05, 3.63) is 76.0 Å². The molecule has 1 amide bonds. The molecule has 24 heavy (non-hydrogen) atoms. The molecule has 1 heterocycles. The molecule has 0 fully saturated rings. The molecule has 0 unspecified atom stereocenters. The molecule has 7 heteroatoms. The number of para-hydroxylation sites is 1. The second kappa shape index (κ2) is 6.33. The average Bonchev–Trinajstić information content (AvgIpc) is 3.09. The summed E-state index contributed by atoms with van der Waals surface area (Å²) < 4.78 is 0. The number of aromatic nitrogens is 2. The largest absolute Gasteiger partial charge is 0.322 e. The van der Waals surface area contributed by atoms with Gasteiger partial charge in [-0.05, 0) is 31.2 Å². The molecular formula is C17H14N4O3. The van der Waals surface area contributed by atoms with Crippen LogP contribution in [0.3, 0.4) is 0 Å². The Morgan fingerprint density at radius 2 is 2.00 bits per heavy atom. The number of aryl methyl sites for hydroxylation is 1. The summed E-state index contributed by atoms with van der Waals surface area (Å²) in [6, 6.07) is 13.6. The Balaban J connectivity index is 1.90. The first kappa shape index (κ1) is 15.4. The normalized spacial score (nSPS) is 10.4. The molecule has 0 aliphatic rings. The standard InChI is InChI=1S/C17H14N4O3/c1-11-4-2-7-14(16(11)21(23)24)17(22)19-13-6-3-5-12(10-13)15-8-9-18-20-15/h2-10H,1H3,(H,18,20)(H,19,22). The maximum absolute atomic E-state index is 12.5. The van der Waals surface area contributed by atoms with Crippen LogP contribution in [0.15, 0.2) is 54.7 Å². The molecule has 2 aromatic carbocycles. The molecule has 0 radical (unpaired) electrons. The summed E-state index contributed by atoms with van der Waals surface area (Å²) in [7, 11) is 0. The van der Waals surface area contributed by atoms with E-state index in [1.54, 1.807) is 43.5 Å². The van der Waals surface area contributed by atoms with Gasteiger partial charge >= 0.3 is 0 Å². The second-order valence-corrected chi connectivity index (χ2v) is 5.23. The van der Waals surface area contributed by atoms with Gasteiger partial charge in [0, 0.05) is 23.0 Å². The molecule has 0 saturated heterocycles. The highest BCUT2D eigenvalue weighted by atomic mass is 16.6. The van der Waals surface area contributed by atoms with Crippen LogP contribution < -0.4 is 5.32 Å². The fraction of sp³-hybridized carbons (Fsp3) is 0.0588. The highest BCUT2D eigenvalue weighted by Crippen LogP contribution is 2.25. The smallest absolute Gasteiger partial charge is 0.285 e. The van der Waals surface area contributed by atoms with Gasteiger partial charge in [-0.2, -0.15) is 5.10 Å². The van der Waals surface area contributed by atoms with Crippen molar-refractivity contribution in [3.63, 3.8) is 0 Å². The van der Waals surface area contributed by atoms with Crippen molar-refractivity contribution in [1.82, 2.24) is 10.2 Å². The van der Waals surface area contributed by atoms with E-state index in [-0.39, 0.29) is 11.3 Å². The lowest BCUT2D eigenvalue weighted by Gasteiger charge is -2.08. The molecule has 1 aromatic heterocycles. The Labute approximate surface area is 137 Å². The minimum atomic E-state index is -0.536. The van der Waals surface area contributed by atoms with E-state index < -0.39 is 10.8 Å². The zero-order valence-corrected chi connectivity index (χ0v) is 12.8. The van der Waals surface area contributed by atoms with Gasteiger partial charge in [0.05, 0.1) is 10.6 Å². The fourth-order valence-electron chi connectivity index (χ4n) is 2.46. The number of benzene rings is 2.